The zero-order valence-electron chi connectivity index (χ0n) is 18.9. The Kier molecular flexibility index (Phi) is 8.21. The minimum Gasteiger partial charge on any atom is -0.340 e. The number of carbonyl (C=O) groups is 3. The summed E-state index contributed by atoms with van der Waals surface area (Å²) in [7, 11) is 0. The number of hydrogen-bond donors (Lipinski definition) is 2. The van der Waals surface area contributed by atoms with Crippen molar-refractivity contribution in [1.29, 1.82) is 0 Å². The van der Waals surface area contributed by atoms with Gasteiger partial charge in [0, 0.05) is 36.9 Å². The van der Waals surface area contributed by atoms with Crippen molar-refractivity contribution < 1.29 is 14.4 Å². The van der Waals surface area contributed by atoms with Gasteiger partial charge in [0.05, 0.1) is 10.6 Å². The standard InChI is InChI=1S/C24H28Cl2N4O3/c1-15(2)21(28-22(31)18-6-4-5-7-19(18)25)23(32)29-10-12-30(13-11-29)24(33)27-17-9-8-16(3)20(26)14-17/h4-9,14-15,21H,10-13H2,1-3H3,(H,27,33)(H,28,31). The van der Waals surface area contributed by atoms with E-state index >= 15 is 0 Å². The van der Waals surface area contributed by atoms with Crippen LogP contribution in [0.1, 0.15) is 29.8 Å². The lowest BCUT2D eigenvalue weighted by molar-refractivity contribution is -0.135. The maximum absolute atomic E-state index is 13.2. The van der Waals surface area contributed by atoms with E-state index in [0.29, 0.717) is 47.5 Å². The average Bonchev–Trinajstić information content (AvgIpc) is 2.79. The smallest absolute Gasteiger partial charge is 0.321 e. The molecule has 1 atom stereocenters. The summed E-state index contributed by atoms with van der Waals surface area (Å²) < 4.78 is 0. The molecule has 0 radical (unpaired) electrons. The first-order chi connectivity index (χ1) is 15.7. The Morgan fingerprint density at radius 1 is 0.909 bits per heavy atom. The van der Waals surface area contributed by atoms with Crippen LogP contribution in [0.5, 0.6) is 0 Å². The number of amides is 4. The fraction of sp³-hybridized carbons (Fsp3) is 0.375. The first-order valence-electron chi connectivity index (χ1n) is 10.8. The molecule has 3 rings (SSSR count). The van der Waals surface area contributed by atoms with Crippen LogP contribution in [0.2, 0.25) is 10.0 Å². The quantitative estimate of drug-likeness (QED) is 0.649. The zero-order valence-corrected chi connectivity index (χ0v) is 20.4. The highest BCUT2D eigenvalue weighted by Crippen LogP contribution is 2.21. The van der Waals surface area contributed by atoms with Crippen LogP contribution in [0.15, 0.2) is 42.5 Å². The number of nitrogens with one attached hydrogen (secondary N) is 2. The molecule has 33 heavy (non-hydrogen) atoms. The highest BCUT2D eigenvalue weighted by atomic mass is 35.5. The molecular weight excluding hydrogens is 463 g/mol. The molecule has 2 aromatic rings. The highest BCUT2D eigenvalue weighted by molar-refractivity contribution is 6.33. The van der Waals surface area contributed by atoms with Crippen LogP contribution in [0, 0.1) is 12.8 Å². The van der Waals surface area contributed by atoms with E-state index in [9.17, 15) is 14.4 Å². The summed E-state index contributed by atoms with van der Waals surface area (Å²) in [5.74, 6) is -0.672. The second-order valence-corrected chi connectivity index (χ2v) is 9.20. The molecule has 1 aliphatic rings. The maximum Gasteiger partial charge on any atom is 0.321 e. The molecule has 4 amide bonds. The van der Waals surface area contributed by atoms with E-state index in [-0.39, 0.29) is 23.8 Å². The minimum absolute atomic E-state index is 0.114. The predicted octanol–water partition coefficient (Wildman–Crippen LogP) is 4.43. The van der Waals surface area contributed by atoms with Crippen LogP contribution in [-0.2, 0) is 4.79 Å². The van der Waals surface area contributed by atoms with Crippen LogP contribution in [0.3, 0.4) is 0 Å². The Hall–Kier alpha value is -2.77. The van der Waals surface area contributed by atoms with Gasteiger partial charge in [0.1, 0.15) is 6.04 Å². The van der Waals surface area contributed by atoms with Crippen LogP contribution in [0.4, 0.5) is 10.5 Å². The van der Waals surface area contributed by atoms with Gasteiger partial charge in [-0.15, -0.1) is 0 Å². The van der Waals surface area contributed by atoms with Crippen LogP contribution >= 0.6 is 23.2 Å². The summed E-state index contributed by atoms with van der Waals surface area (Å²) in [6.07, 6.45) is 0. The molecule has 1 fully saturated rings. The number of hydrogen-bond acceptors (Lipinski definition) is 3. The van der Waals surface area contributed by atoms with Gasteiger partial charge in [-0.25, -0.2) is 4.79 Å². The van der Waals surface area contributed by atoms with Gasteiger partial charge >= 0.3 is 6.03 Å². The molecule has 0 saturated carbocycles. The van der Waals surface area contributed by atoms with Gasteiger partial charge in [-0.3, -0.25) is 9.59 Å². The Morgan fingerprint density at radius 2 is 1.55 bits per heavy atom. The second kappa shape index (κ2) is 10.9. The highest BCUT2D eigenvalue weighted by Gasteiger charge is 2.32. The molecular formula is C24H28Cl2N4O3. The number of anilines is 1. The van der Waals surface area contributed by atoms with Crippen LogP contribution in [0.25, 0.3) is 0 Å². The Labute approximate surface area is 204 Å². The third kappa shape index (κ3) is 6.18. The third-order valence-electron chi connectivity index (χ3n) is 5.64. The van der Waals surface area contributed by atoms with E-state index in [0.717, 1.165) is 5.56 Å². The van der Waals surface area contributed by atoms with E-state index in [2.05, 4.69) is 10.6 Å². The number of urea groups is 1. The molecule has 1 saturated heterocycles. The van der Waals surface area contributed by atoms with Crippen molar-refractivity contribution in [3.05, 3.63) is 63.6 Å². The molecule has 0 aliphatic carbocycles. The summed E-state index contributed by atoms with van der Waals surface area (Å²) in [6.45, 7) is 7.20. The molecule has 1 heterocycles. The lowest BCUT2D eigenvalue weighted by Gasteiger charge is -2.37. The maximum atomic E-state index is 13.2. The predicted molar refractivity (Wildman–Crippen MR) is 131 cm³/mol. The summed E-state index contributed by atoms with van der Waals surface area (Å²) in [4.78, 5) is 41.8. The zero-order chi connectivity index (χ0) is 24.1. The molecule has 0 bridgehead atoms. The average molecular weight is 491 g/mol. The van der Waals surface area contributed by atoms with Gasteiger partial charge in [0.15, 0.2) is 0 Å². The van der Waals surface area contributed by atoms with Gasteiger partial charge in [-0.1, -0.05) is 55.2 Å². The lowest BCUT2D eigenvalue weighted by atomic mass is 10.0. The molecule has 0 spiro atoms. The number of nitrogens with zero attached hydrogens (tertiary/aromatic N) is 2. The Balaban J connectivity index is 1.58. The van der Waals surface area contributed by atoms with Crippen LogP contribution < -0.4 is 10.6 Å². The monoisotopic (exact) mass is 490 g/mol. The number of benzene rings is 2. The van der Waals surface area contributed by atoms with Gasteiger partial charge < -0.3 is 20.4 Å². The summed E-state index contributed by atoms with van der Waals surface area (Å²) in [5, 5.41) is 6.59. The lowest BCUT2D eigenvalue weighted by Crippen LogP contribution is -2.57. The number of piperazine rings is 1. The molecule has 2 aromatic carbocycles. The molecule has 7 nitrogen and oxygen atoms in total. The topological polar surface area (TPSA) is 81.8 Å². The van der Waals surface area contributed by atoms with Gasteiger partial charge in [-0.2, -0.15) is 0 Å². The van der Waals surface area contributed by atoms with E-state index < -0.39 is 6.04 Å². The van der Waals surface area contributed by atoms with Gasteiger partial charge in [-0.05, 0) is 42.7 Å². The molecule has 9 heteroatoms. The summed E-state index contributed by atoms with van der Waals surface area (Å²) >= 11 is 12.3. The number of rotatable bonds is 5. The Morgan fingerprint density at radius 3 is 2.15 bits per heavy atom. The number of carbonyl (C=O) groups excluding carboxylic acids is 3. The second-order valence-electron chi connectivity index (χ2n) is 8.38. The van der Waals surface area contributed by atoms with Crippen molar-refractivity contribution in [2.75, 3.05) is 31.5 Å². The van der Waals surface area contributed by atoms with Crippen molar-refractivity contribution in [2.24, 2.45) is 5.92 Å². The molecule has 2 N–H and O–H groups in total. The van der Waals surface area contributed by atoms with Crippen molar-refractivity contribution in [2.45, 2.75) is 26.8 Å². The van der Waals surface area contributed by atoms with E-state index in [1.807, 2.05) is 26.8 Å². The minimum atomic E-state index is -0.691. The largest absolute Gasteiger partial charge is 0.340 e. The number of aryl methyl sites for hydroxylation is 1. The van der Waals surface area contributed by atoms with Crippen LogP contribution in [-0.4, -0.2) is 59.9 Å². The van der Waals surface area contributed by atoms with Crippen molar-refractivity contribution in [3.63, 3.8) is 0 Å². The normalized spacial score (nSPS) is 14.7. The molecule has 1 unspecified atom stereocenters. The van der Waals surface area contributed by atoms with Crippen molar-refractivity contribution >= 4 is 46.7 Å². The Bertz CT molecular complexity index is 1040. The van der Waals surface area contributed by atoms with Crippen molar-refractivity contribution in [3.8, 4) is 0 Å². The summed E-state index contributed by atoms with van der Waals surface area (Å²) in [5.41, 5.74) is 1.88. The fourth-order valence-electron chi connectivity index (χ4n) is 3.58. The molecule has 176 valence electrons. The fourth-order valence-corrected chi connectivity index (χ4v) is 3.98. The first kappa shape index (κ1) is 24.9. The SMILES string of the molecule is Cc1ccc(NC(=O)N2CCN(C(=O)C(NC(=O)c3ccccc3Cl)C(C)C)CC2)cc1Cl. The first-order valence-corrected chi connectivity index (χ1v) is 11.6. The van der Waals surface area contributed by atoms with E-state index in [1.54, 1.807) is 46.2 Å². The summed E-state index contributed by atoms with van der Waals surface area (Å²) in [6, 6.07) is 11.2. The third-order valence-corrected chi connectivity index (χ3v) is 6.38. The van der Waals surface area contributed by atoms with E-state index in [4.69, 9.17) is 23.2 Å². The molecule has 1 aliphatic heterocycles. The van der Waals surface area contributed by atoms with Crippen molar-refractivity contribution in [1.82, 2.24) is 15.1 Å². The molecule has 0 aromatic heterocycles. The van der Waals surface area contributed by atoms with E-state index in [1.165, 1.54) is 0 Å². The number of halogens is 2. The van der Waals surface area contributed by atoms with Gasteiger partial charge in [0.25, 0.3) is 5.91 Å². The van der Waals surface area contributed by atoms with Gasteiger partial charge in [0.2, 0.25) is 5.91 Å².